The summed E-state index contributed by atoms with van der Waals surface area (Å²) in [5, 5.41) is 3.45. The molecule has 35 heavy (non-hydrogen) atoms. The number of nitrogens with zero attached hydrogens (tertiary/aromatic N) is 3. The lowest BCUT2D eigenvalue weighted by molar-refractivity contribution is -0.122. The average molecular weight is 499 g/mol. The molecule has 0 bridgehead atoms. The fourth-order valence-electron chi connectivity index (χ4n) is 4.83. The highest BCUT2D eigenvalue weighted by Crippen LogP contribution is 2.28. The van der Waals surface area contributed by atoms with Crippen molar-refractivity contribution in [2.75, 3.05) is 26.2 Å². The highest BCUT2D eigenvalue weighted by atomic mass is 35.5. The Labute approximate surface area is 211 Å². The molecule has 3 heterocycles. The van der Waals surface area contributed by atoms with Gasteiger partial charge in [0.15, 0.2) is 0 Å². The van der Waals surface area contributed by atoms with Crippen molar-refractivity contribution in [3.05, 3.63) is 57.6 Å². The van der Waals surface area contributed by atoms with Gasteiger partial charge in [-0.3, -0.25) is 14.2 Å². The summed E-state index contributed by atoms with van der Waals surface area (Å²) in [6.07, 6.45) is 6.69. The van der Waals surface area contributed by atoms with E-state index < -0.39 is 0 Å². The van der Waals surface area contributed by atoms with Crippen molar-refractivity contribution in [2.45, 2.75) is 59.0 Å². The standard InChI is InChI=1S/C27H35ClN4O3/c1-19(2)29-25(33)18-32-26(21-9-7-10-22(28)15-21)20(3)31-17-23(16-24(31)27(32)34)35-14-8-13-30-11-5-4-6-12-30/h7,9-10,15-17,19H,4-6,8,11-14,18H2,1-3H3,(H,29,33). The quantitative estimate of drug-likeness (QED) is 0.441. The zero-order valence-corrected chi connectivity index (χ0v) is 21.6. The van der Waals surface area contributed by atoms with Gasteiger partial charge in [0.25, 0.3) is 5.56 Å². The number of piperidine rings is 1. The van der Waals surface area contributed by atoms with Crippen LogP contribution in [-0.4, -0.2) is 52.1 Å². The van der Waals surface area contributed by atoms with E-state index in [9.17, 15) is 9.59 Å². The third kappa shape index (κ3) is 6.08. The van der Waals surface area contributed by atoms with Gasteiger partial charge in [-0.2, -0.15) is 0 Å². The van der Waals surface area contributed by atoms with Crippen LogP contribution in [0.1, 0.15) is 45.2 Å². The van der Waals surface area contributed by atoms with E-state index in [0.717, 1.165) is 24.2 Å². The summed E-state index contributed by atoms with van der Waals surface area (Å²) in [4.78, 5) is 28.7. The van der Waals surface area contributed by atoms with E-state index in [1.807, 2.05) is 49.6 Å². The summed E-state index contributed by atoms with van der Waals surface area (Å²) in [7, 11) is 0. The van der Waals surface area contributed by atoms with Crippen molar-refractivity contribution in [2.24, 2.45) is 0 Å². The molecule has 1 amide bonds. The van der Waals surface area contributed by atoms with Crippen molar-refractivity contribution >= 4 is 23.0 Å². The molecule has 2 aromatic heterocycles. The number of hydrogen-bond acceptors (Lipinski definition) is 4. The molecule has 8 heteroatoms. The van der Waals surface area contributed by atoms with Gasteiger partial charge in [-0.25, -0.2) is 0 Å². The summed E-state index contributed by atoms with van der Waals surface area (Å²) in [5.74, 6) is 0.445. The lowest BCUT2D eigenvalue weighted by Crippen LogP contribution is -2.37. The van der Waals surface area contributed by atoms with E-state index in [-0.39, 0.29) is 24.1 Å². The first-order chi connectivity index (χ1) is 16.8. The molecular formula is C27H35ClN4O3. The number of hydrogen-bond donors (Lipinski definition) is 1. The second-order valence-electron chi connectivity index (χ2n) is 9.59. The second-order valence-corrected chi connectivity index (χ2v) is 10.0. The van der Waals surface area contributed by atoms with Gasteiger partial charge in [0.2, 0.25) is 5.91 Å². The number of ether oxygens (including phenoxy) is 1. The predicted octanol–water partition coefficient (Wildman–Crippen LogP) is 4.51. The Hall–Kier alpha value is -2.77. The predicted molar refractivity (Wildman–Crippen MR) is 141 cm³/mol. The van der Waals surface area contributed by atoms with Crippen LogP contribution >= 0.6 is 11.6 Å². The summed E-state index contributed by atoms with van der Waals surface area (Å²) in [6, 6.07) is 9.10. The molecule has 0 unspecified atom stereocenters. The van der Waals surface area contributed by atoms with Gasteiger partial charge in [-0.1, -0.05) is 30.2 Å². The Bertz CT molecular complexity index is 1240. The number of likely N-dealkylation sites (tertiary alicyclic amines) is 1. The minimum absolute atomic E-state index is 0.0177. The molecule has 4 rings (SSSR count). The van der Waals surface area contributed by atoms with Gasteiger partial charge in [0.05, 0.1) is 18.5 Å². The Morgan fingerprint density at radius 1 is 1.17 bits per heavy atom. The van der Waals surface area contributed by atoms with Gasteiger partial charge in [0.1, 0.15) is 17.8 Å². The van der Waals surface area contributed by atoms with E-state index in [4.69, 9.17) is 16.3 Å². The molecule has 0 atom stereocenters. The lowest BCUT2D eigenvalue weighted by atomic mass is 10.1. The van der Waals surface area contributed by atoms with E-state index >= 15 is 0 Å². The number of benzene rings is 1. The van der Waals surface area contributed by atoms with Crippen LogP contribution in [0.3, 0.4) is 0 Å². The number of fused-ring (bicyclic) bond motifs is 1. The number of carbonyl (C=O) groups excluding carboxylic acids is 1. The molecule has 0 aliphatic carbocycles. The fraction of sp³-hybridized carbons (Fsp3) is 0.481. The fourth-order valence-corrected chi connectivity index (χ4v) is 5.02. The highest BCUT2D eigenvalue weighted by Gasteiger charge is 2.20. The third-order valence-electron chi connectivity index (χ3n) is 6.42. The molecule has 1 aliphatic rings. The molecular weight excluding hydrogens is 464 g/mol. The van der Waals surface area contributed by atoms with Gasteiger partial charge in [0, 0.05) is 34.9 Å². The third-order valence-corrected chi connectivity index (χ3v) is 6.65. The number of aromatic nitrogens is 2. The van der Waals surface area contributed by atoms with Gasteiger partial charge >= 0.3 is 0 Å². The SMILES string of the molecule is Cc1c(-c2cccc(Cl)c2)n(CC(=O)NC(C)C)c(=O)c2cc(OCCCN3CCCCC3)cn12. The van der Waals surface area contributed by atoms with Crippen molar-refractivity contribution in [3.8, 4) is 17.0 Å². The van der Waals surface area contributed by atoms with E-state index in [2.05, 4.69) is 10.2 Å². The zero-order chi connectivity index (χ0) is 24.9. The molecule has 1 aromatic carbocycles. The van der Waals surface area contributed by atoms with Crippen LogP contribution in [0.2, 0.25) is 5.02 Å². The molecule has 1 saturated heterocycles. The maximum atomic E-state index is 13.6. The second kappa shape index (κ2) is 11.3. The summed E-state index contributed by atoms with van der Waals surface area (Å²) < 4.78 is 9.43. The van der Waals surface area contributed by atoms with Crippen LogP contribution in [0, 0.1) is 6.92 Å². The van der Waals surface area contributed by atoms with Crippen LogP contribution < -0.4 is 15.6 Å². The molecule has 0 spiro atoms. The first kappa shape index (κ1) is 25.3. The van der Waals surface area contributed by atoms with Crippen molar-refractivity contribution < 1.29 is 9.53 Å². The Kier molecular flexibility index (Phi) is 8.19. The first-order valence-corrected chi connectivity index (χ1v) is 12.9. The number of halogens is 1. The maximum Gasteiger partial charge on any atom is 0.275 e. The largest absolute Gasteiger partial charge is 0.492 e. The Morgan fingerprint density at radius 2 is 1.94 bits per heavy atom. The summed E-state index contributed by atoms with van der Waals surface area (Å²) >= 11 is 6.27. The minimum Gasteiger partial charge on any atom is -0.492 e. The van der Waals surface area contributed by atoms with Gasteiger partial charge in [-0.15, -0.1) is 0 Å². The molecule has 0 radical (unpaired) electrons. The summed E-state index contributed by atoms with van der Waals surface area (Å²) in [5.41, 5.74) is 2.52. The molecule has 1 N–H and O–H groups in total. The molecule has 7 nitrogen and oxygen atoms in total. The highest BCUT2D eigenvalue weighted by molar-refractivity contribution is 6.30. The zero-order valence-electron chi connectivity index (χ0n) is 20.8. The van der Waals surface area contributed by atoms with Crippen LogP contribution in [0.15, 0.2) is 41.3 Å². The molecule has 1 fully saturated rings. The molecule has 188 valence electrons. The molecule has 3 aromatic rings. The first-order valence-electron chi connectivity index (χ1n) is 12.5. The van der Waals surface area contributed by atoms with Crippen LogP contribution in [0.5, 0.6) is 5.75 Å². The number of rotatable bonds is 9. The molecule has 0 saturated carbocycles. The van der Waals surface area contributed by atoms with Crippen LogP contribution in [0.25, 0.3) is 16.8 Å². The average Bonchev–Trinajstić information content (AvgIpc) is 3.25. The summed E-state index contributed by atoms with van der Waals surface area (Å²) in [6.45, 7) is 9.63. The van der Waals surface area contributed by atoms with Crippen LogP contribution in [0.4, 0.5) is 0 Å². The maximum absolute atomic E-state index is 13.6. The van der Waals surface area contributed by atoms with Crippen molar-refractivity contribution in [1.29, 1.82) is 0 Å². The van der Waals surface area contributed by atoms with Gasteiger partial charge < -0.3 is 19.4 Å². The normalized spacial score (nSPS) is 14.5. The monoisotopic (exact) mass is 498 g/mol. The van der Waals surface area contributed by atoms with Crippen LogP contribution in [-0.2, 0) is 11.3 Å². The van der Waals surface area contributed by atoms with Crippen molar-refractivity contribution in [1.82, 2.24) is 19.2 Å². The number of nitrogens with one attached hydrogen (secondary N) is 1. The Morgan fingerprint density at radius 3 is 2.66 bits per heavy atom. The number of carbonyl (C=O) groups is 1. The smallest absolute Gasteiger partial charge is 0.275 e. The lowest BCUT2D eigenvalue weighted by Gasteiger charge is -2.26. The Balaban J connectivity index is 1.64. The van der Waals surface area contributed by atoms with E-state index in [1.165, 1.54) is 36.9 Å². The number of amides is 1. The number of aryl methyl sites for hydroxylation is 1. The molecule has 1 aliphatic heterocycles. The van der Waals surface area contributed by atoms with E-state index in [0.29, 0.717) is 28.6 Å². The van der Waals surface area contributed by atoms with Crippen molar-refractivity contribution in [3.63, 3.8) is 0 Å². The minimum atomic E-state index is -0.243. The van der Waals surface area contributed by atoms with Gasteiger partial charge in [-0.05, 0) is 65.3 Å². The van der Waals surface area contributed by atoms with E-state index in [1.54, 1.807) is 12.1 Å². The topological polar surface area (TPSA) is 68.0 Å².